The Morgan fingerprint density at radius 2 is 2.00 bits per heavy atom. The Hall–Kier alpha value is -1.69. The minimum absolute atomic E-state index is 0.321. The molecule has 1 aliphatic rings. The summed E-state index contributed by atoms with van der Waals surface area (Å²) in [6.07, 6.45) is 5.93. The summed E-state index contributed by atoms with van der Waals surface area (Å²) in [5.74, 6) is 3.25. The maximum atomic E-state index is 6.11. The van der Waals surface area contributed by atoms with Crippen molar-refractivity contribution < 1.29 is 4.74 Å². The van der Waals surface area contributed by atoms with E-state index in [0.29, 0.717) is 17.7 Å². The molecule has 1 N–H and O–H groups in total. The van der Waals surface area contributed by atoms with Gasteiger partial charge in [0.25, 0.3) is 0 Å². The lowest BCUT2D eigenvalue weighted by Gasteiger charge is -2.16. The Kier molecular flexibility index (Phi) is 4.29. The lowest BCUT2D eigenvalue weighted by Crippen LogP contribution is -2.07. The normalized spacial score (nSPS) is 14.2. The molecule has 0 unspecified atom stereocenters. The van der Waals surface area contributed by atoms with E-state index < -0.39 is 0 Å². The van der Waals surface area contributed by atoms with Gasteiger partial charge in [-0.05, 0) is 41.6 Å². The number of anilines is 1. The lowest BCUT2D eigenvalue weighted by molar-refractivity contribution is 0.468. The molecule has 2 heterocycles. The second-order valence-electron chi connectivity index (χ2n) is 5.85. The molecule has 1 saturated carbocycles. The molecular weight excluding hydrogens is 344 g/mol. The van der Waals surface area contributed by atoms with Crippen LogP contribution in [0.4, 0.5) is 5.82 Å². The average molecular weight is 363 g/mol. The maximum Gasteiger partial charge on any atom is 0.187 e. The fraction of sp³-hybridized carbons (Fsp3) is 0.438. The van der Waals surface area contributed by atoms with E-state index in [0.717, 1.165) is 27.6 Å². The number of hydrogen-bond donors (Lipinski definition) is 1. The molecule has 2 aromatic rings. The van der Waals surface area contributed by atoms with E-state index in [1.807, 2.05) is 19.2 Å². The number of rotatable bonds is 5. The molecule has 0 aromatic carbocycles. The molecule has 0 aliphatic heterocycles. The minimum Gasteiger partial charge on any atom is -0.451 e. The van der Waals surface area contributed by atoms with E-state index in [1.165, 1.54) is 12.8 Å². The highest BCUT2D eigenvalue weighted by Crippen LogP contribution is 2.35. The molecular formula is C16H19BrN4O. The first-order valence-electron chi connectivity index (χ1n) is 7.46. The first kappa shape index (κ1) is 15.2. The first-order chi connectivity index (χ1) is 10.5. The smallest absolute Gasteiger partial charge is 0.187 e. The zero-order valence-electron chi connectivity index (χ0n) is 12.9. The van der Waals surface area contributed by atoms with E-state index in [2.05, 4.69) is 50.0 Å². The fourth-order valence-corrected chi connectivity index (χ4v) is 2.43. The minimum atomic E-state index is 0.321. The summed E-state index contributed by atoms with van der Waals surface area (Å²) in [5, 5.41) is 3.41. The molecule has 2 aromatic heterocycles. The summed E-state index contributed by atoms with van der Waals surface area (Å²) in [6.45, 7) is 6.12. The van der Waals surface area contributed by atoms with Crippen molar-refractivity contribution in [1.82, 2.24) is 15.0 Å². The number of halogens is 1. The Balaban J connectivity index is 1.94. The highest BCUT2D eigenvalue weighted by molar-refractivity contribution is 9.10. The standard InChI is InChI=1S/C16H19BrN4O/c1-9(2)12-7-19-15(17)6-13(12)22-14-8-18-10(3)20-16(14)21-11-4-5-11/h6-9,11H,4-5H2,1-3H3,(H,18,20,21). The highest BCUT2D eigenvalue weighted by atomic mass is 79.9. The number of aromatic nitrogens is 3. The average Bonchev–Trinajstić information content (AvgIpc) is 3.25. The number of nitrogens with zero attached hydrogens (tertiary/aromatic N) is 3. The summed E-state index contributed by atoms with van der Waals surface area (Å²) in [7, 11) is 0. The van der Waals surface area contributed by atoms with E-state index in [-0.39, 0.29) is 0 Å². The van der Waals surface area contributed by atoms with E-state index in [4.69, 9.17) is 4.74 Å². The third-order valence-corrected chi connectivity index (χ3v) is 3.93. The second kappa shape index (κ2) is 6.20. The van der Waals surface area contributed by atoms with Crippen LogP contribution in [-0.2, 0) is 0 Å². The Labute approximate surface area is 138 Å². The van der Waals surface area contributed by atoms with E-state index in [9.17, 15) is 0 Å². The Morgan fingerprint density at radius 1 is 1.23 bits per heavy atom. The lowest BCUT2D eigenvalue weighted by atomic mass is 10.1. The number of ether oxygens (including phenoxy) is 1. The van der Waals surface area contributed by atoms with Crippen molar-refractivity contribution in [3.8, 4) is 11.5 Å². The van der Waals surface area contributed by atoms with Gasteiger partial charge < -0.3 is 10.1 Å². The molecule has 0 radical (unpaired) electrons. The molecule has 1 fully saturated rings. The molecule has 0 saturated heterocycles. The van der Waals surface area contributed by atoms with Crippen LogP contribution < -0.4 is 10.1 Å². The fourth-order valence-electron chi connectivity index (χ4n) is 2.12. The maximum absolute atomic E-state index is 6.11. The number of aryl methyl sites for hydroxylation is 1. The summed E-state index contributed by atoms with van der Waals surface area (Å²) in [4.78, 5) is 13.0. The molecule has 6 heteroatoms. The number of pyridine rings is 1. The highest BCUT2D eigenvalue weighted by Gasteiger charge is 2.24. The van der Waals surface area contributed by atoms with Gasteiger partial charge in [0.1, 0.15) is 16.2 Å². The van der Waals surface area contributed by atoms with Crippen LogP contribution in [0.15, 0.2) is 23.1 Å². The zero-order chi connectivity index (χ0) is 15.7. The van der Waals surface area contributed by atoms with Crippen molar-refractivity contribution >= 4 is 21.7 Å². The summed E-state index contributed by atoms with van der Waals surface area (Å²) in [6, 6.07) is 2.39. The predicted octanol–water partition coefficient (Wildman–Crippen LogP) is 4.43. The molecule has 22 heavy (non-hydrogen) atoms. The van der Waals surface area contributed by atoms with Crippen LogP contribution in [-0.4, -0.2) is 21.0 Å². The van der Waals surface area contributed by atoms with Crippen LogP contribution in [0.1, 0.15) is 44.0 Å². The van der Waals surface area contributed by atoms with Crippen molar-refractivity contribution in [2.24, 2.45) is 0 Å². The van der Waals surface area contributed by atoms with Gasteiger partial charge in [-0.2, -0.15) is 0 Å². The van der Waals surface area contributed by atoms with Crippen LogP contribution in [0.2, 0.25) is 0 Å². The van der Waals surface area contributed by atoms with Gasteiger partial charge in [-0.25, -0.2) is 15.0 Å². The van der Waals surface area contributed by atoms with Gasteiger partial charge in [-0.15, -0.1) is 0 Å². The number of hydrogen-bond acceptors (Lipinski definition) is 5. The molecule has 3 rings (SSSR count). The predicted molar refractivity (Wildman–Crippen MR) is 89.5 cm³/mol. The largest absolute Gasteiger partial charge is 0.451 e. The molecule has 0 atom stereocenters. The van der Waals surface area contributed by atoms with Crippen molar-refractivity contribution in [2.45, 2.75) is 45.6 Å². The molecule has 0 spiro atoms. The topological polar surface area (TPSA) is 59.9 Å². The quantitative estimate of drug-likeness (QED) is 0.797. The molecule has 0 bridgehead atoms. The zero-order valence-corrected chi connectivity index (χ0v) is 14.5. The summed E-state index contributed by atoms with van der Waals surface area (Å²) < 4.78 is 6.86. The van der Waals surface area contributed by atoms with Gasteiger partial charge in [0.15, 0.2) is 11.6 Å². The third-order valence-electron chi connectivity index (χ3n) is 3.50. The van der Waals surface area contributed by atoms with Gasteiger partial charge in [-0.1, -0.05) is 13.8 Å². The van der Waals surface area contributed by atoms with Crippen LogP contribution in [0.3, 0.4) is 0 Å². The van der Waals surface area contributed by atoms with Crippen molar-refractivity contribution in [2.75, 3.05) is 5.32 Å². The molecule has 116 valence electrons. The van der Waals surface area contributed by atoms with Crippen molar-refractivity contribution in [3.63, 3.8) is 0 Å². The second-order valence-corrected chi connectivity index (χ2v) is 6.66. The summed E-state index contributed by atoms with van der Waals surface area (Å²) >= 11 is 3.40. The first-order valence-corrected chi connectivity index (χ1v) is 8.25. The van der Waals surface area contributed by atoms with E-state index >= 15 is 0 Å². The molecule has 5 nitrogen and oxygen atoms in total. The van der Waals surface area contributed by atoms with Gasteiger partial charge in [-0.3, -0.25) is 0 Å². The van der Waals surface area contributed by atoms with Gasteiger partial charge in [0.2, 0.25) is 0 Å². The van der Waals surface area contributed by atoms with Crippen LogP contribution >= 0.6 is 15.9 Å². The van der Waals surface area contributed by atoms with Crippen molar-refractivity contribution in [1.29, 1.82) is 0 Å². The van der Waals surface area contributed by atoms with Crippen LogP contribution in [0.5, 0.6) is 11.5 Å². The Morgan fingerprint density at radius 3 is 2.68 bits per heavy atom. The van der Waals surface area contributed by atoms with Gasteiger partial charge in [0.05, 0.1) is 6.20 Å². The Bertz CT molecular complexity index is 686. The van der Waals surface area contributed by atoms with Crippen molar-refractivity contribution in [3.05, 3.63) is 34.5 Å². The number of nitrogens with one attached hydrogen (secondary N) is 1. The third kappa shape index (κ3) is 3.55. The molecule has 1 aliphatic carbocycles. The SMILES string of the molecule is Cc1ncc(Oc2cc(Br)ncc2C(C)C)c(NC2CC2)n1. The monoisotopic (exact) mass is 362 g/mol. The van der Waals surface area contributed by atoms with Gasteiger partial charge >= 0.3 is 0 Å². The van der Waals surface area contributed by atoms with Crippen LogP contribution in [0, 0.1) is 6.92 Å². The molecule has 0 amide bonds. The van der Waals surface area contributed by atoms with Gasteiger partial charge in [0, 0.05) is 23.9 Å². The van der Waals surface area contributed by atoms with Crippen LogP contribution in [0.25, 0.3) is 0 Å². The summed E-state index contributed by atoms with van der Waals surface area (Å²) in [5.41, 5.74) is 1.06. The van der Waals surface area contributed by atoms with E-state index in [1.54, 1.807) is 6.20 Å².